The van der Waals surface area contributed by atoms with Crippen LogP contribution in [0.5, 0.6) is 0 Å². The molecule has 0 saturated carbocycles. The second-order valence-electron chi connectivity index (χ2n) is 4.66. The van der Waals surface area contributed by atoms with Crippen LogP contribution in [0.25, 0.3) is 0 Å². The van der Waals surface area contributed by atoms with Crippen LogP contribution in [0.3, 0.4) is 0 Å². The fourth-order valence-electron chi connectivity index (χ4n) is 2.33. The van der Waals surface area contributed by atoms with Gasteiger partial charge in [0.2, 0.25) is 0 Å². The van der Waals surface area contributed by atoms with Crippen molar-refractivity contribution in [1.82, 2.24) is 0 Å². The Morgan fingerprint density at radius 1 is 1.38 bits per heavy atom. The first-order valence-corrected chi connectivity index (χ1v) is 6.99. The lowest BCUT2D eigenvalue weighted by atomic mass is 9.94. The van der Waals surface area contributed by atoms with Gasteiger partial charge in [-0.3, -0.25) is 0 Å². The lowest BCUT2D eigenvalue weighted by Gasteiger charge is -2.21. The van der Waals surface area contributed by atoms with E-state index < -0.39 is 0 Å². The van der Waals surface area contributed by atoms with Gasteiger partial charge in [-0.1, -0.05) is 53.2 Å². The van der Waals surface area contributed by atoms with Crippen molar-refractivity contribution in [2.24, 2.45) is 5.92 Å². The predicted octanol–water partition coefficient (Wildman–Crippen LogP) is 4.33. The van der Waals surface area contributed by atoms with E-state index in [1.807, 2.05) is 0 Å². The van der Waals surface area contributed by atoms with Crippen LogP contribution in [0.2, 0.25) is 0 Å². The zero-order valence-corrected chi connectivity index (χ0v) is 11.3. The Kier molecular flexibility index (Phi) is 4.42. The molecule has 1 aliphatic heterocycles. The summed E-state index contributed by atoms with van der Waals surface area (Å²) in [5.74, 6) is 0.616. The summed E-state index contributed by atoms with van der Waals surface area (Å²) in [7, 11) is 0. The minimum Gasteiger partial charge on any atom is -0.378 e. The van der Waals surface area contributed by atoms with Gasteiger partial charge in [-0.2, -0.15) is 0 Å². The molecule has 1 fully saturated rings. The van der Waals surface area contributed by atoms with E-state index in [1.54, 1.807) is 0 Å². The van der Waals surface area contributed by atoms with Gasteiger partial charge in [-0.25, -0.2) is 0 Å². The minimum absolute atomic E-state index is 0.442. The molecule has 1 nitrogen and oxygen atoms in total. The van der Waals surface area contributed by atoms with Crippen molar-refractivity contribution in [1.29, 1.82) is 0 Å². The van der Waals surface area contributed by atoms with Crippen LogP contribution in [-0.2, 0) is 4.74 Å². The average molecular weight is 283 g/mol. The van der Waals surface area contributed by atoms with Crippen LogP contribution in [0.4, 0.5) is 0 Å². The van der Waals surface area contributed by atoms with E-state index in [2.05, 4.69) is 53.2 Å². The van der Waals surface area contributed by atoms with Crippen molar-refractivity contribution < 1.29 is 4.74 Å². The molecular weight excluding hydrogens is 264 g/mol. The third kappa shape index (κ3) is 3.08. The van der Waals surface area contributed by atoms with Crippen molar-refractivity contribution in [3.63, 3.8) is 0 Å². The lowest BCUT2D eigenvalue weighted by molar-refractivity contribution is 0.0916. The molecule has 0 amide bonds. The summed E-state index contributed by atoms with van der Waals surface area (Å²) in [5, 5.41) is 0. The van der Waals surface area contributed by atoms with Crippen LogP contribution >= 0.6 is 15.9 Å². The van der Waals surface area contributed by atoms with Gasteiger partial charge < -0.3 is 4.74 Å². The summed E-state index contributed by atoms with van der Waals surface area (Å²) in [6.07, 6.45) is 4.11. The van der Waals surface area contributed by atoms with E-state index in [0.29, 0.717) is 16.8 Å². The highest BCUT2D eigenvalue weighted by molar-refractivity contribution is 9.09. The first-order valence-electron chi connectivity index (χ1n) is 6.08. The summed E-state index contributed by atoms with van der Waals surface area (Å²) in [5.41, 5.74) is 1.37. The Morgan fingerprint density at radius 2 is 2.12 bits per heavy atom. The van der Waals surface area contributed by atoms with E-state index >= 15 is 0 Å². The third-order valence-electron chi connectivity index (χ3n) is 3.28. The highest BCUT2D eigenvalue weighted by Gasteiger charge is 2.23. The molecule has 16 heavy (non-hydrogen) atoms. The van der Waals surface area contributed by atoms with Gasteiger partial charge in [0.15, 0.2) is 0 Å². The number of hydrogen-bond acceptors (Lipinski definition) is 1. The number of halogens is 1. The van der Waals surface area contributed by atoms with Crippen LogP contribution in [0.1, 0.15) is 36.6 Å². The molecule has 0 aromatic heterocycles. The first kappa shape index (κ1) is 12.1. The van der Waals surface area contributed by atoms with Gasteiger partial charge >= 0.3 is 0 Å². The molecule has 1 aromatic rings. The largest absolute Gasteiger partial charge is 0.378 e. The van der Waals surface area contributed by atoms with Gasteiger partial charge in [0.05, 0.1) is 6.10 Å². The molecule has 0 spiro atoms. The molecule has 1 aromatic carbocycles. The molecule has 88 valence electrons. The van der Waals surface area contributed by atoms with Gasteiger partial charge in [-0.15, -0.1) is 0 Å². The van der Waals surface area contributed by atoms with E-state index in [9.17, 15) is 0 Å². The SMILES string of the molecule is CC(CC1CCCO1)C(Br)c1ccccc1. The monoisotopic (exact) mass is 282 g/mol. The van der Waals surface area contributed by atoms with Crippen molar-refractivity contribution in [2.75, 3.05) is 6.61 Å². The Morgan fingerprint density at radius 3 is 2.75 bits per heavy atom. The number of alkyl halides is 1. The molecule has 0 N–H and O–H groups in total. The van der Waals surface area contributed by atoms with Gasteiger partial charge in [0.25, 0.3) is 0 Å². The summed E-state index contributed by atoms with van der Waals surface area (Å²) >= 11 is 3.80. The Bertz CT molecular complexity index is 306. The van der Waals surface area contributed by atoms with E-state index in [0.717, 1.165) is 13.0 Å². The normalized spacial score (nSPS) is 24.2. The Hall–Kier alpha value is -0.340. The highest BCUT2D eigenvalue weighted by atomic mass is 79.9. The maximum Gasteiger partial charge on any atom is 0.0579 e. The molecule has 1 heterocycles. The van der Waals surface area contributed by atoms with Crippen molar-refractivity contribution >= 4 is 15.9 Å². The van der Waals surface area contributed by atoms with E-state index in [1.165, 1.54) is 18.4 Å². The van der Waals surface area contributed by atoms with Crippen LogP contribution in [0.15, 0.2) is 30.3 Å². The van der Waals surface area contributed by atoms with Crippen molar-refractivity contribution in [3.8, 4) is 0 Å². The molecule has 3 atom stereocenters. The molecule has 0 aliphatic carbocycles. The second kappa shape index (κ2) is 5.83. The predicted molar refractivity (Wildman–Crippen MR) is 70.9 cm³/mol. The number of hydrogen-bond donors (Lipinski definition) is 0. The Balaban J connectivity index is 1.91. The minimum atomic E-state index is 0.442. The van der Waals surface area contributed by atoms with E-state index in [-0.39, 0.29) is 0 Å². The average Bonchev–Trinajstić information content (AvgIpc) is 2.82. The number of ether oxygens (including phenoxy) is 1. The molecule has 1 aliphatic rings. The standard InChI is InChI=1S/C14H19BrO/c1-11(10-13-8-5-9-16-13)14(15)12-6-3-2-4-7-12/h2-4,6-7,11,13-14H,5,8-10H2,1H3. The zero-order chi connectivity index (χ0) is 11.4. The first-order chi connectivity index (χ1) is 7.77. The smallest absolute Gasteiger partial charge is 0.0579 e. The summed E-state index contributed by atoms with van der Waals surface area (Å²) in [6.45, 7) is 3.25. The summed E-state index contributed by atoms with van der Waals surface area (Å²) in [6, 6.07) is 10.6. The quantitative estimate of drug-likeness (QED) is 0.747. The molecule has 3 unspecified atom stereocenters. The highest BCUT2D eigenvalue weighted by Crippen LogP contribution is 2.35. The number of rotatable bonds is 4. The molecular formula is C14H19BrO. The molecule has 0 bridgehead atoms. The maximum atomic E-state index is 5.69. The van der Waals surface area contributed by atoms with Gasteiger partial charge in [0.1, 0.15) is 0 Å². The van der Waals surface area contributed by atoms with Gasteiger partial charge in [-0.05, 0) is 30.7 Å². The summed E-state index contributed by atoms with van der Waals surface area (Å²) in [4.78, 5) is 0.442. The molecule has 2 heteroatoms. The zero-order valence-electron chi connectivity index (χ0n) is 9.73. The molecule has 0 radical (unpaired) electrons. The third-order valence-corrected chi connectivity index (χ3v) is 4.71. The molecule has 2 rings (SSSR count). The topological polar surface area (TPSA) is 9.23 Å². The van der Waals surface area contributed by atoms with Crippen LogP contribution < -0.4 is 0 Å². The van der Waals surface area contributed by atoms with E-state index in [4.69, 9.17) is 4.74 Å². The Labute approximate surface area is 106 Å². The lowest BCUT2D eigenvalue weighted by Crippen LogP contribution is -2.14. The van der Waals surface area contributed by atoms with Crippen molar-refractivity contribution in [2.45, 2.75) is 37.1 Å². The fourth-order valence-corrected chi connectivity index (χ4v) is 2.85. The van der Waals surface area contributed by atoms with Crippen molar-refractivity contribution in [3.05, 3.63) is 35.9 Å². The maximum absolute atomic E-state index is 5.69. The fraction of sp³-hybridized carbons (Fsp3) is 0.571. The summed E-state index contributed by atoms with van der Waals surface area (Å²) < 4.78 is 5.69. The number of benzene rings is 1. The second-order valence-corrected chi connectivity index (χ2v) is 5.65. The molecule has 1 saturated heterocycles. The van der Waals surface area contributed by atoms with Gasteiger partial charge in [0, 0.05) is 11.4 Å². The van der Waals surface area contributed by atoms with Crippen LogP contribution in [0, 0.1) is 5.92 Å². The van der Waals surface area contributed by atoms with Crippen LogP contribution in [-0.4, -0.2) is 12.7 Å².